The normalized spacial score (nSPS) is 10.5. The van der Waals surface area contributed by atoms with Gasteiger partial charge in [-0.25, -0.2) is 0 Å². The van der Waals surface area contributed by atoms with Crippen LogP contribution in [-0.2, 0) is 6.61 Å². The van der Waals surface area contributed by atoms with Crippen LogP contribution in [0.2, 0.25) is 10.0 Å². The average Bonchev–Trinajstić information content (AvgIpc) is 2.26. The van der Waals surface area contributed by atoms with Crippen LogP contribution in [0.4, 0.5) is 0 Å². The van der Waals surface area contributed by atoms with Gasteiger partial charge in [0.25, 0.3) is 0 Å². The zero-order valence-electron chi connectivity index (χ0n) is 9.30. The number of aliphatic hydroxyl groups excluding tert-OH is 1. The number of rotatable bonds is 6. The van der Waals surface area contributed by atoms with Crippen LogP contribution in [0.25, 0.3) is 0 Å². The Morgan fingerprint density at radius 2 is 2.00 bits per heavy atom. The van der Waals surface area contributed by atoms with Crippen molar-refractivity contribution in [1.29, 1.82) is 0 Å². The number of benzene rings is 1. The standard InChI is InChI=1S/C12H16Cl2O2/c1-2-3-4-5-16-12-9(8-15)6-10(13)7-11(12)14/h6-7,15H,2-5,8H2,1H3. The summed E-state index contributed by atoms with van der Waals surface area (Å²) >= 11 is 11.8. The van der Waals surface area contributed by atoms with Crippen molar-refractivity contribution in [1.82, 2.24) is 0 Å². The van der Waals surface area contributed by atoms with Crippen molar-refractivity contribution in [2.24, 2.45) is 0 Å². The van der Waals surface area contributed by atoms with E-state index in [1.54, 1.807) is 12.1 Å². The molecule has 0 unspecified atom stereocenters. The Hall–Kier alpha value is -0.440. The fraction of sp³-hybridized carbons (Fsp3) is 0.500. The van der Waals surface area contributed by atoms with Gasteiger partial charge < -0.3 is 9.84 Å². The first-order chi connectivity index (χ1) is 7.69. The quantitative estimate of drug-likeness (QED) is 0.784. The zero-order valence-corrected chi connectivity index (χ0v) is 10.8. The van der Waals surface area contributed by atoms with Gasteiger partial charge in [0.15, 0.2) is 0 Å². The molecule has 0 aliphatic rings. The summed E-state index contributed by atoms with van der Waals surface area (Å²) in [5.74, 6) is 0.546. The van der Waals surface area contributed by atoms with Crippen LogP contribution < -0.4 is 4.74 Å². The van der Waals surface area contributed by atoms with Crippen molar-refractivity contribution in [2.45, 2.75) is 32.8 Å². The molecule has 0 spiro atoms. The molecule has 1 aromatic rings. The van der Waals surface area contributed by atoms with E-state index in [-0.39, 0.29) is 6.61 Å². The minimum absolute atomic E-state index is 0.122. The highest BCUT2D eigenvalue weighted by molar-refractivity contribution is 6.35. The zero-order chi connectivity index (χ0) is 12.0. The van der Waals surface area contributed by atoms with E-state index in [1.165, 1.54) is 0 Å². The van der Waals surface area contributed by atoms with E-state index in [4.69, 9.17) is 27.9 Å². The summed E-state index contributed by atoms with van der Waals surface area (Å²) in [6.45, 7) is 2.63. The van der Waals surface area contributed by atoms with Gasteiger partial charge in [0.05, 0.1) is 18.2 Å². The molecule has 0 fully saturated rings. The molecule has 0 saturated carbocycles. The van der Waals surface area contributed by atoms with Crippen LogP contribution in [0.3, 0.4) is 0 Å². The lowest BCUT2D eigenvalue weighted by molar-refractivity contribution is 0.260. The fourth-order valence-corrected chi connectivity index (χ4v) is 2.01. The Bertz CT molecular complexity index is 340. The van der Waals surface area contributed by atoms with Gasteiger partial charge in [-0.05, 0) is 18.6 Å². The molecule has 0 heterocycles. The monoisotopic (exact) mass is 262 g/mol. The molecule has 4 heteroatoms. The molecule has 0 aromatic heterocycles. The largest absolute Gasteiger partial charge is 0.492 e. The molecular weight excluding hydrogens is 247 g/mol. The predicted octanol–water partition coefficient (Wildman–Crippen LogP) is 4.05. The van der Waals surface area contributed by atoms with E-state index >= 15 is 0 Å². The van der Waals surface area contributed by atoms with Gasteiger partial charge in [0.1, 0.15) is 5.75 Å². The average molecular weight is 263 g/mol. The van der Waals surface area contributed by atoms with Crippen LogP contribution >= 0.6 is 23.2 Å². The molecule has 0 saturated heterocycles. The molecule has 0 aliphatic heterocycles. The topological polar surface area (TPSA) is 29.5 Å². The molecule has 0 amide bonds. The second-order valence-corrected chi connectivity index (χ2v) is 4.43. The molecule has 0 radical (unpaired) electrons. The molecule has 1 N–H and O–H groups in total. The van der Waals surface area contributed by atoms with E-state index in [1.807, 2.05) is 0 Å². The summed E-state index contributed by atoms with van der Waals surface area (Å²) in [6.07, 6.45) is 3.25. The van der Waals surface area contributed by atoms with Gasteiger partial charge in [-0.15, -0.1) is 0 Å². The molecular formula is C12H16Cl2O2. The lowest BCUT2D eigenvalue weighted by Crippen LogP contribution is -2.01. The number of hydrogen-bond donors (Lipinski definition) is 1. The lowest BCUT2D eigenvalue weighted by atomic mass is 10.2. The maximum Gasteiger partial charge on any atom is 0.143 e. The molecule has 0 atom stereocenters. The SMILES string of the molecule is CCCCCOc1c(Cl)cc(Cl)cc1CO. The molecule has 90 valence electrons. The Kier molecular flexibility index (Phi) is 5.96. The molecule has 16 heavy (non-hydrogen) atoms. The van der Waals surface area contributed by atoms with Gasteiger partial charge in [-0.1, -0.05) is 43.0 Å². The van der Waals surface area contributed by atoms with Gasteiger partial charge in [0, 0.05) is 10.6 Å². The van der Waals surface area contributed by atoms with Crippen LogP contribution in [0.1, 0.15) is 31.7 Å². The van der Waals surface area contributed by atoms with Crippen molar-refractivity contribution >= 4 is 23.2 Å². The predicted molar refractivity (Wildman–Crippen MR) is 67.4 cm³/mol. The van der Waals surface area contributed by atoms with Crippen LogP contribution in [0.5, 0.6) is 5.75 Å². The number of unbranched alkanes of at least 4 members (excludes halogenated alkanes) is 2. The van der Waals surface area contributed by atoms with E-state index in [0.717, 1.165) is 19.3 Å². The first-order valence-corrected chi connectivity index (χ1v) is 6.16. The smallest absolute Gasteiger partial charge is 0.143 e. The molecule has 1 rings (SSSR count). The second-order valence-electron chi connectivity index (χ2n) is 3.59. The number of halogens is 2. The summed E-state index contributed by atoms with van der Waals surface area (Å²) in [5.41, 5.74) is 0.633. The van der Waals surface area contributed by atoms with Crippen LogP contribution in [0, 0.1) is 0 Å². The molecule has 0 bridgehead atoms. The summed E-state index contributed by atoms with van der Waals surface area (Å²) < 4.78 is 5.57. The minimum Gasteiger partial charge on any atom is -0.492 e. The second kappa shape index (κ2) is 7.00. The van der Waals surface area contributed by atoms with E-state index in [0.29, 0.717) is 28.0 Å². The van der Waals surface area contributed by atoms with Gasteiger partial charge in [0.2, 0.25) is 0 Å². The highest BCUT2D eigenvalue weighted by Gasteiger charge is 2.09. The minimum atomic E-state index is -0.122. The Morgan fingerprint density at radius 3 is 2.62 bits per heavy atom. The van der Waals surface area contributed by atoms with E-state index < -0.39 is 0 Å². The first-order valence-electron chi connectivity index (χ1n) is 5.40. The maximum atomic E-state index is 9.17. The van der Waals surface area contributed by atoms with E-state index in [2.05, 4.69) is 6.92 Å². The summed E-state index contributed by atoms with van der Waals surface area (Å²) in [5, 5.41) is 10.1. The van der Waals surface area contributed by atoms with Gasteiger partial charge in [-0.3, -0.25) is 0 Å². The highest BCUT2D eigenvalue weighted by Crippen LogP contribution is 2.32. The van der Waals surface area contributed by atoms with Gasteiger partial charge in [-0.2, -0.15) is 0 Å². The molecule has 1 aromatic carbocycles. The van der Waals surface area contributed by atoms with Crippen molar-refractivity contribution in [3.63, 3.8) is 0 Å². The van der Waals surface area contributed by atoms with Crippen molar-refractivity contribution in [2.75, 3.05) is 6.61 Å². The maximum absolute atomic E-state index is 9.17. The highest BCUT2D eigenvalue weighted by atomic mass is 35.5. The number of ether oxygens (including phenoxy) is 1. The van der Waals surface area contributed by atoms with Crippen LogP contribution in [-0.4, -0.2) is 11.7 Å². The van der Waals surface area contributed by atoms with Crippen molar-refractivity contribution < 1.29 is 9.84 Å². The lowest BCUT2D eigenvalue weighted by Gasteiger charge is -2.12. The third-order valence-corrected chi connectivity index (χ3v) is 2.75. The Morgan fingerprint density at radius 1 is 1.25 bits per heavy atom. The summed E-state index contributed by atoms with van der Waals surface area (Å²) in [6, 6.07) is 3.29. The van der Waals surface area contributed by atoms with Crippen LogP contribution in [0.15, 0.2) is 12.1 Å². The third-order valence-electron chi connectivity index (χ3n) is 2.25. The third kappa shape index (κ3) is 3.85. The Labute approximate surface area is 106 Å². The van der Waals surface area contributed by atoms with E-state index in [9.17, 15) is 5.11 Å². The number of aliphatic hydroxyl groups is 1. The number of hydrogen-bond acceptors (Lipinski definition) is 2. The molecule has 0 aliphatic carbocycles. The Balaban J connectivity index is 2.70. The van der Waals surface area contributed by atoms with Gasteiger partial charge >= 0.3 is 0 Å². The first kappa shape index (κ1) is 13.6. The van der Waals surface area contributed by atoms with Crippen molar-refractivity contribution in [3.8, 4) is 5.75 Å². The summed E-state index contributed by atoms with van der Waals surface area (Å²) in [4.78, 5) is 0. The summed E-state index contributed by atoms with van der Waals surface area (Å²) in [7, 11) is 0. The van der Waals surface area contributed by atoms with Crippen molar-refractivity contribution in [3.05, 3.63) is 27.7 Å². The molecule has 2 nitrogen and oxygen atoms in total. The fourth-order valence-electron chi connectivity index (χ4n) is 1.42.